The fourth-order valence-corrected chi connectivity index (χ4v) is 1.95. The first kappa shape index (κ1) is 10.0. The van der Waals surface area contributed by atoms with E-state index in [2.05, 4.69) is 26.2 Å². The third-order valence-electron chi connectivity index (χ3n) is 3.00. The van der Waals surface area contributed by atoms with Crippen molar-refractivity contribution in [3.8, 4) is 0 Å². The Morgan fingerprint density at radius 1 is 1.33 bits per heavy atom. The minimum absolute atomic E-state index is 0.726. The number of hydrogen-bond donors (Lipinski definition) is 1. The lowest BCUT2D eigenvalue weighted by Gasteiger charge is -2.14. The third kappa shape index (κ3) is 3.14. The standard InChI is InChI=1S/C11H23N/c1-10(2)5-4-6-11(7-8-11)9-12-3/h10,12H,4-9H2,1-3H3. The van der Waals surface area contributed by atoms with E-state index in [1.165, 1.54) is 38.6 Å². The van der Waals surface area contributed by atoms with E-state index in [9.17, 15) is 0 Å². The molecule has 1 nitrogen and oxygen atoms in total. The van der Waals surface area contributed by atoms with Gasteiger partial charge in [0, 0.05) is 6.54 Å². The van der Waals surface area contributed by atoms with Crippen molar-refractivity contribution in [3.05, 3.63) is 0 Å². The molecule has 0 aromatic heterocycles. The summed E-state index contributed by atoms with van der Waals surface area (Å²) in [5.41, 5.74) is 0.726. The summed E-state index contributed by atoms with van der Waals surface area (Å²) in [5, 5.41) is 3.31. The molecule has 0 unspecified atom stereocenters. The van der Waals surface area contributed by atoms with Gasteiger partial charge in [-0.3, -0.25) is 0 Å². The van der Waals surface area contributed by atoms with E-state index >= 15 is 0 Å². The third-order valence-corrected chi connectivity index (χ3v) is 3.00. The highest BCUT2D eigenvalue weighted by Gasteiger charge is 2.40. The molecule has 72 valence electrons. The highest BCUT2D eigenvalue weighted by Crippen LogP contribution is 2.49. The van der Waals surface area contributed by atoms with E-state index in [-0.39, 0.29) is 0 Å². The van der Waals surface area contributed by atoms with Gasteiger partial charge in [0.05, 0.1) is 0 Å². The molecule has 0 radical (unpaired) electrons. The SMILES string of the molecule is CNCC1(CCCC(C)C)CC1. The Kier molecular flexibility index (Phi) is 3.57. The molecular formula is C11H23N. The molecule has 1 N–H and O–H groups in total. The van der Waals surface area contributed by atoms with Crippen LogP contribution in [0.2, 0.25) is 0 Å². The number of hydrogen-bond acceptors (Lipinski definition) is 1. The second kappa shape index (κ2) is 4.27. The van der Waals surface area contributed by atoms with Crippen LogP contribution in [0.25, 0.3) is 0 Å². The molecular weight excluding hydrogens is 146 g/mol. The minimum Gasteiger partial charge on any atom is -0.319 e. The molecule has 1 aliphatic rings. The van der Waals surface area contributed by atoms with Gasteiger partial charge in [-0.05, 0) is 37.6 Å². The summed E-state index contributed by atoms with van der Waals surface area (Å²) >= 11 is 0. The first-order valence-corrected chi connectivity index (χ1v) is 5.33. The van der Waals surface area contributed by atoms with Gasteiger partial charge in [-0.1, -0.05) is 26.7 Å². The van der Waals surface area contributed by atoms with Crippen LogP contribution in [0.1, 0.15) is 46.0 Å². The largest absolute Gasteiger partial charge is 0.319 e. The van der Waals surface area contributed by atoms with Crippen molar-refractivity contribution in [1.29, 1.82) is 0 Å². The van der Waals surface area contributed by atoms with Crippen molar-refractivity contribution in [2.24, 2.45) is 11.3 Å². The predicted molar refractivity (Wildman–Crippen MR) is 54.3 cm³/mol. The maximum atomic E-state index is 3.31. The van der Waals surface area contributed by atoms with Crippen molar-refractivity contribution in [3.63, 3.8) is 0 Å². The Bertz CT molecular complexity index is 125. The normalized spacial score (nSPS) is 20.0. The van der Waals surface area contributed by atoms with Crippen LogP contribution in [0.5, 0.6) is 0 Å². The molecule has 0 amide bonds. The van der Waals surface area contributed by atoms with E-state index in [1.54, 1.807) is 0 Å². The smallest absolute Gasteiger partial charge is 0.000481 e. The zero-order chi connectivity index (χ0) is 9.03. The van der Waals surface area contributed by atoms with Gasteiger partial charge in [0.2, 0.25) is 0 Å². The fraction of sp³-hybridized carbons (Fsp3) is 1.00. The summed E-state index contributed by atoms with van der Waals surface area (Å²) in [6, 6.07) is 0. The molecule has 0 atom stereocenters. The summed E-state index contributed by atoms with van der Waals surface area (Å²) in [6.07, 6.45) is 7.22. The molecule has 1 heteroatoms. The molecule has 1 fully saturated rings. The van der Waals surface area contributed by atoms with Gasteiger partial charge in [0.15, 0.2) is 0 Å². The lowest BCUT2D eigenvalue weighted by molar-refractivity contribution is 0.402. The molecule has 0 aromatic carbocycles. The molecule has 0 aliphatic heterocycles. The first-order valence-electron chi connectivity index (χ1n) is 5.33. The Balaban J connectivity index is 2.06. The Morgan fingerprint density at radius 3 is 2.42 bits per heavy atom. The second-order valence-corrected chi connectivity index (χ2v) is 4.82. The Labute approximate surface area is 76.9 Å². The molecule has 12 heavy (non-hydrogen) atoms. The Hall–Kier alpha value is -0.0400. The van der Waals surface area contributed by atoms with E-state index in [0.717, 1.165) is 11.3 Å². The average molecular weight is 169 g/mol. The van der Waals surface area contributed by atoms with Crippen molar-refractivity contribution >= 4 is 0 Å². The summed E-state index contributed by atoms with van der Waals surface area (Å²) in [5.74, 6) is 0.885. The summed E-state index contributed by atoms with van der Waals surface area (Å²) < 4.78 is 0. The fourth-order valence-electron chi connectivity index (χ4n) is 1.95. The van der Waals surface area contributed by atoms with E-state index in [0.29, 0.717) is 0 Å². The zero-order valence-corrected chi connectivity index (χ0v) is 8.82. The van der Waals surface area contributed by atoms with Crippen LogP contribution in [0.15, 0.2) is 0 Å². The number of rotatable bonds is 6. The average Bonchev–Trinajstić information content (AvgIpc) is 2.69. The van der Waals surface area contributed by atoms with Crippen LogP contribution in [0, 0.1) is 11.3 Å². The molecule has 0 saturated heterocycles. The molecule has 0 aromatic rings. The quantitative estimate of drug-likeness (QED) is 0.644. The van der Waals surface area contributed by atoms with Gasteiger partial charge in [-0.25, -0.2) is 0 Å². The first-order chi connectivity index (χ1) is 5.68. The van der Waals surface area contributed by atoms with Crippen LogP contribution >= 0.6 is 0 Å². The lowest BCUT2D eigenvalue weighted by Crippen LogP contribution is -2.19. The predicted octanol–water partition coefficient (Wildman–Crippen LogP) is 2.81. The summed E-state index contributed by atoms with van der Waals surface area (Å²) in [6.45, 7) is 5.88. The Morgan fingerprint density at radius 2 is 2.00 bits per heavy atom. The molecule has 0 spiro atoms. The maximum absolute atomic E-state index is 3.31. The van der Waals surface area contributed by atoms with Crippen molar-refractivity contribution in [1.82, 2.24) is 5.32 Å². The topological polar surface area (TPSA) is 12.0 Å². The highest BCUT2D eigenvalue weighted by atomic mass is 14.8. The second-order valence-electron chi connectivity index (χ2n) is 4.82. The van der Waals surface area contributed by atoms with Gasteiger partial charge in [0.1, 0.15) is 0 Å². The summed E-state index contributed by atoms with van der Waals surface area (Å²) in [7, 11) is 2.07. The van der Waals surface area contributed by atoms with Crippen molar-refractivity contribution in [2.75, 3.05) is 13.6 Å². The lowest BCUT2D eigenvalue weighted by atomic mass is 9.96. The van der Waals surface area contributed by atoms with Crippen LogP contribution in [-0.4, -0.2) is 13.6 Å². The monoisotopic (exact) mass is 169 g/mol. The van der Waals surface area contributed by atoms with Gasteiger partial charge in [0.25, 0.3) is 0 Å². The summed E-state index contributed by atoms with van der Waals surface area (Å²) in [4.78, 5) is 0. The van der Waals surface area contributed by atoms with Crippen LogP contribution < -0.4 is 5.32 Å². The van der Waals surface area contributed by atoms with Crippen LogP contribution in [0.4, 0.5) is 0 Å². The molecule has 0 heterocycles. The van der Waals surface area contributed by atoms with Gasteiger partial charge < -0.3 is 5.32 Å². The van der Waals surface area contributed by atoms with Gasteiger partial charge >= 0.3 is 0 Å². The molecule has 1 aliphatic carbocycles. The van der Waals surface area contributed by atoms with Crippen LogP contribution in [0.3, 0.4) is 0 Å². The highest BCUT2D eigenvalue weighted by molar-refractivity contribution is 4.94. The van der Waals surface area contributed by atoms with E-state index in [1.807, 2.05) is 0 Å². The minimum atomic E-state index is 0.726. The maximum Gasteiger partial charge on any atom is 0.000481 e. The van der Waals surface area contributed by atoms with Crippen LogP contribution in [-0.2, 0) is 0 Å². The zero-order valence-electron chi connectivity index (χ0n) is 8.82. The number of nitrogens with one attached hydrogen (secondary N) is 1. The molecule has 1 rings (SSSR count). The van der Waals surface area contributed by atoms with Gasteiger partial charge in [-0.15, -0.1) is 0 Å². The van der Waals surface area contributed by atoms with Gasteiger partial charge in [-0.2, -0.15) is 0 Å². The molecule has 1 saturated carbocycles. The van der Waals surface area contributed by atoms with E-state index < -0.39 is 0 Å². The van der Waals surface area contributed by atoms with E-state index in [4.69, 9.17) is 0 Å². The van der Waals surface area contributed by atoms with Crippen molar-refractivity contribution < 1.29 is 0 Å². The van der Waals surface area contributed by atoms with Crippen molar-refractivity contribution in [2.45, 2.75) is 46.0 Å². The molecule has 0 bridgehead atoms.